The zero-order valence-corrected chi connectivity index (χ0v) is 9.74. The number of rotatable bonds is 4. The molecule has 5 nitrogen and oxygen atoms in total. The Hall–Kier alpha value is -1.66. The molecular weight excluding hydrogens is 222 g/mol. The van der Waals surface area contributed by atoms with E-state index in [1.165, 1.54) is 5.56 Å². The Morgan fingerprint density at radius 3 is 3.06 bits per heavy atom. The summed E-state index contributed by atoms with van der Waals surface area (Å²) in [7, 11) is 1.97. The lowest BCUT2D eigenvalue weighted by molar-refractivity contribution is 0.893. The molecule has 3 N–H and O–H groups in total. The molecule has 0 aromatic carbocycles. The second-order valence-electron chi connectivity index (χ2n) is 3.39. The Kier molecular flexibility index (Phi) is 3.33. The van der Waals surface area contributed by atoms with Crippen molar-refractivity contribution < 1.29 is 0 Å². The maximum absolute atomic E-state index is 5.29. The van der Waals surface area contributed by atoms with Crippen LogP contribution in [0.4, 0.5) is 11.6 Å². The number of anilines is 2. The van der Waals surface area contributed by atoms with E-state index in [4.69, 9.17) is 5.84 Å². The predicted molar refractivity (Wildman–Crippen MR) is 66.3 cm³/mol. The Balaban J connectivity index is 2.11. The first kappa shape index (κ1) is 10.8. The minimum absolute atomic E-state index is 0.565. The summed E-state index contributed by atoms with van der Waals surface area (Å²) in [6.07, 6.45) is 3.30. The largest absolute Gasteiger partial charge is 0.354 e. The number of nitrogens with two attached hydrogens (primary N) is 1. The highest BCUT2D eigenvalue weighted by Gasteiger charge is 2.05. The van der Waals surface area contributed by atoms with E-state index < -0.39 is 0 Å². The summed E-state index contributed by atoms with van der Waals surface area (Å²) in [5, 5.41) is 4.18. The molecule has 0 saturated heterocycles. The molecule has 0 radical (unpaired) electrons. The van der Waals surface area contributed by atoms with Gasteiger partial charge in [-0.1, -0.05) is 0 Å². The van der Waals surface area contributed by atoms with Crippen LogP contribution in [0.25, 0.3) is 0 Å². The van der Waals surface area contributed by atoms with Crippen LogP contribution in [0.15, 0.2) is 29.2 Å². The minimum Gasteiger partial charge on any atom is -0.354 e. The molecule has 0 atom stereocenters. The molecule has 2 heterocycles. The number of nitrogen functional groups attached to an aromatic ring is 1. The lowest BCUT2D eigenvalue weighted by Gasteiger charge is -2.17. The third-order valence-electron chi connectivity index (χ3n) is 2.16. The van der Waals surface area contributed by atoms with Crippen LogP contribution in [-0.4, -0.2) is 17.0 Å². The second-order valence-corrected chi connectivity index (χ2v) is 4.17. The Morgan fingerprint density at radius 1 is 1.50 bits per heavy atom. The van der Waals surface area contributed by atoms with E-state index in [-0.39, 0.29) is 0 Å². The van der Waals surface area contributed by atoms with E-state index in [0.29, 0.717) is 5.82 Å². The summed E-state index contributed by atoms with van der Waals surface area (Å²) in [5.74, 6) is 6.64. The third kappa shape index (κ3) is 2.47. The van der Waals surface area contributed by atoms with Gasteiger partial charge in [0, 0.05) is 13.6 Å². The van der Waals surface area contributed by atoms with Gasteiger partial charge < -0.3 is 10.3 Å². The number of thiophene rings is 1. The van der Waals surface area contributed by atoms with Crippen LogP contribution in [0.2, 0.25) is 0 Å². The van der Waals surface area contributed by atoms with Crippen molar-refractivity contribution >= 4 is 23.0 Å². The molecule has 0 amide bonds. The lowest BCUT2D eigenvalue weighted by atomic mass is 10.3. The molecule has 0 aliphatic carbocycles. The summed E-state index contributed by atoms with van der Waals surface area (Å²) in [6, 6.07) is 2.10. The highest BCUT2D eigenvalue weighted by molar-refractivity contribution is 7.07. The van der Waals surface area contributed by atoms with Crippen LogP contribution in [0.1, 0.15) is 5.56 Å². The molecule has 2 rings (SSSR count). The van der Waals surface area contributed by atoms with Gasteiger partial charge in [0.05, 0.1) is 12.4 Å². The van der Waals surface area contributed by atoms with Crippen molar-refractivity contribution in [1.29, 1.82) is 0 Å². The normalized spacial score (nSPS) is 10.1. The van der Waals surface area contributed by atoms with Crippen molar-refractivity contribution in [3.05, 3.63) is 34.8 Å². The van der Waals surface area contributed by atoms with Crippen molar-refractivity contribution in [1.82, 2.24) is 9.97 Å². The zero-order valence-electron chi connectivity index (χ0n) is 8.92. The van der Waals surface area contributed by atoms with Crippen LogP contribution in [0, 0.1) is 0 Å². The quantitative estimate of drug-likeness (QED) is 0.620. The average Bonchev–Trinajstić information content (AvgIpc) is 2.82. The van der Waals surface area contributed by atoms with Gasteiger partial charge in [-0.15, -0.1) is 0 Å². The van der Waals surface area contributed by atoms with E-state index in [2.05, 4.69) is 32.2 Å². The molecule has 0 aliphatic heterocycles. The van der Waals surface area contributed by atoms with Gasteiger partial charge in [-0.2, -0.15) is 11.3 Å². The van der Waals surface area contributed by atoms with E-state index in [0.717, 1.165) is 12.4 Å². The fraction of sp³-hybridized carbons (Fsp3) is 0.200. The van der Waals surface area contributed by atoms with Crippen molar-refractivity contribution in [3.63, 3.8) is 0 Å². The van der Waals surface area contributed by atoms with Crippen LogP contribution < -0.4 is 16.2 Å². The molecule has 16 heavy (non-hydrogen) atoms. The second kappa shape index (κ2) is 4.91. The minimum atomic E-state index is 0.565. The highest BCUT2D eigenvalue weighted by Crippen LogP contribution is 2.14. The van der Waals surface area contributed by atoms with Gasteiger partial charge in [-0.05, 0) is 22.4 Å². The van der Waals surface area contributed by atoms with Crippen molar-refractivity contribution in [2.75, 3.05) is 17.4 Å². The standard InChI is InChI=1S/C10H13N5S/c1-15(6-8-2-3-16-7-8)10-5-12-4-9(13-10)14-11/h2-5,7H,6,11H2,1H3,(H,13,14). The Labute approximate surface area is 97.9 Å². The number of aromatic nitrogens is 2. The van der Waals surface area contributed by atoms with Gasteiger partial charge in [0.2, 0.25) is 0 Å². The summed E-state index contributed by atoms with van der Waals surface area (Å²) >= 11 is 1.69. The zero-order chi connectivity index (χ0) is 11.4. The number of hydrogen-bond acceptors (Lipinski definition) is 6. The first-order chi connectivity index (χ1) is 7.79. The van der Waals surface area contributed by atoms with Gasteiger partial charge in [-0.3, -0.25) is 4.98 Å². The molecule has 0 aliphatic rings. The summed E-state index contributed by atoms with van der Waals surface area (Å²) in [6.45, 7) is 0.812. The van der Waals surface area contributed by atoms with Crippen molar-refractivity contribution in [2.24, 2.45) is 5.84 Å². The third-order valence-corrected chi connectivity index (χ3v) is 2.89. The summed E-state index contributed by atoms with van der Waals surface area (Å²) < 4.78 is 0. The van der Waals surface area contributed by atoms with E-state index in [9.17, 15) is 0 Å². The molecule has 84 valence electrons. The molecule has 0 fully saturated rings. The van der Waals surface area contributed by atoms with E-state index in [1.54, 1.807) is 23.7 Å². The van der Waals surface area contributed by atoms with Crippen LogP contribution in [-0.2, 0) is 6.54 Å². The summed E-state index contributed by atoms with van der Waals surface area (Å²) in [4.78, 5) is 10.4. The number of nitrogens with one attached hydrogen (secondary N) is 1. The topological polar surface area (TPSA) is 67.1 Å². The van der Waals surface area contributed by atoms with Crippen molar-refractivity contribution in [3.8, 4) is 0 Å². The average molecular weight is 235 g/mol. The molecule has 0 saturated carbocycles. The van der Waals surface area contributed by atoms with Gasteiger partial charge in [0.1, 0.15) is 5.82 Å². The van der Waals surface area contributed by atoms with Gasteiger partial charge in [0.15, 0.2) is 5.82 Å². The molecule has 0 spiro atoms. The van der Waals surface area contributed by atoms with Crippen LogP contribution >= 0.6 is 11.3 Å². The molecular formula is C10H13N5S. The predicted octanol–water partition coefficient (Wildman–Crippen LogP) is 1.46. The Bertz CT molecular complexity index is 442. The number of hydrazine groups is 1. The fourth-order valence-electron chi connectivity index (χ4n) is 1.35. The molecule has 2 aromatic heterocycles. The van der Waals surface area contributed by atoms with Gasteiger partial charge in [-0.25, -0.2) is 10.8 Å². The first-order valence-electron chi connectivity index (χ1n) is 4.80. The first-order valence-corrected chi connectivity index (χ1v) is 5.75. The molecule has 0 unspecified atom stereocenters. The Morgan fingerprint density at radius 2 is 2.38 bits per heavy atom. The van der Waals surface area contributed by atoms with Crippen molar-refractivity contribution in [2.45, 2.75) is 6.54 Å². The van der Waals surface area contributed by atoms with Crippen LogP contribution in [0.5, 0.6) is 0 Å². The fourth-order valence-corrected chi connectivity index (χ4v) is 2.01. The van der Waals surface area contributed by atoms with Gasteiger partial charge >= 0.3 is 0 Å². The molecule has 2 aromatic rings. The lowest BCUT2D eigenvalue weighted by Crippen LogP contribution is -2.19. The number of hydrogen-bond donors (Lipinski definition) is 2. The smallest absolute Gasteiger partial charge is 0.160 e. The summed E-state index contributed by atoms with van der Waals surface area (Å²) in [5.41, 5.74) is 3.75. The van der Waals surface area contributed by atoms with Gasteiger partial charge in [0.25, 0.3) is 0 Å². The molecule has 0 bridgehead atoms. The SMILES string of the molecule is CN(Cc1ccsc1)c1cncc(NN)n1. The highest BCUT2D eigenvalue weighted by atomic mass is 32.1. The van der Waals surface area contributed by atoms with E-state index in [1.807, 2.05) is 11.9 Å². The van der Waals surface area contributed by atoms with Crippen LogP contribution in [0.3, 0.4) is 0 Å². The molecule has 6 heteroatoms. The maximum atomic E-state index is 5.29. The van der Waals surface area contributed by atoms with E-state index >= 15 is 0 Å². The monoisotopic (exact) mass is 235 g/mol. The number of nitrogens with zero attached hydrogens (tertiary/aromatic N) is 3. The maximum Gasteiger partial charge on any atom is 0.160 e.